The van der Waals surface area contributed by atoms with Crippen molar-refractivity contribution in [2.24, 2.45) is 0 Å². The molecule has 0 aliphatic carbocycles. The molecule has 0 saturated heterocycles. The minimum absolute atomic E-state index is 0.296. The molecule has 0 atom stereocenters. The number of amides is 1. The van der Waals surface area contributed by atoms with E-state index in [1.165, 1.54) is 12.4 Å². The van der Waals surface area contributed by atoms with Crippen molar-refractivity contribution in [3.63, 3.8) is 0 Å². The molecule has 0 spiro atoms. The maximum atomic E-state index is 12.3. The SMILES string of the molecule is COCCNc1ncnc2c1cnn2CCNC(=O)c1cc(Cl)ccc1Cl. The molecule has 2 N–H and O–H groups in total. The quantitative estimate of drug-likeness (QED) is 0.556. The summed E-state index contributed by atoms with van der Waals surface area (Å²) in [5.41, 5.74) is 1.02. The number of nitrogens with one attached hydrogen (secondary N) is 2. The van der Waals surface area contributed by atoms with Crippen molar-refractivity contribution in [2.75, 3.05) is 32.1 Å². The number of anilines is 1. The summed E-state index contributed by atoms with van der Waals surface area (Å²) in [6.45, 7) is 2.00. The van der Waals surface area contributed by atoms with Gasteiger partial charge in [0.2, 0.25) is 0 Å². The molecule has 1 amide bonds. The first kappa shape index (κ1) is 19.3. The minimum atomic E-state index is -0.296. The number of nitrogens with zero attached hydrogens (tertiary/aromatic N) is 4. The second kappa shape index (κ2) is 8.98. The van der Waals surface area contributed by atoms with Gasteiger partial charge < -0.3 is 15.4 Å². The summed E-state index contributed by atoms with van der Waals surface area (Å²) in [5.74, 6) is 0.397. The molecule has 142 valence electrons. The summed E-state index contributed by atoms with van der Waals surface area (Å²) >= 11 is 12.0. The fourth-order valence-electron chi connectivity index (χ4n) is 2.51. The fraction of sp³-hybridized carbons (Fsp3) is 0.294. The summed E-state index contributed by atoms with van der Waals surface area (Å²) in [7, 11) is 1.64. The smallest absolute Gasteiger partial charge is 0.252 e. The van der Waals surface area contributed by atoms with Crippen LogP contribution in [0.25, 0.3) is 11.0 Å². The van der Waals surface area contributed by atoms with E-state index < -0.39 is 0 Å². The summed E-state index contributed by atoms with van der Waals surface area (Å²) in [6, 6.07) is 4.76. The van der Waals surface area contributed by atoms with Crippen molar-refractivity contribution >= 4 is 46.0 Å². The number of carbonyl (C=O) groups is 1. The Morgan fingerprint density at radius 3 is 2.93 bits per heavy atom. The maximum absolute atomic E-state index is 12.3. The number of hydrogen-bond acceptors (Lipinski definition) is 6. The number of benzene rings is 1. The lowest BCUT2D eigenvalue weighted by molar-refractivity contribution is 0.0952. The van der Waals surface area contributed by atoms with E-state index in [1.807, 2.05) is 0 Å². The highest BCUT2D eigenvalue weighted by atomic mass is 35.5. The van der Waals surface area contributed by atoms with Crippen molar-refractivity contribution in [3.05, 3.63) is 46.3 Å². The molecule has 0 aliphatic heterocycles. The van der Waals surface area contributed by atoms with Gasteiger partial charge in [0, 0.05) is 25.2 Å². The lowest BCUT2D eigenvalue weighted by Crippen LogP contribution is -2.27. The number of hydrogen-bond donors (Lipinski definition) is 2. The minimum Gasteiger partial charge on any atom is -0.383 e. The molecule has 10 heteroatoms. The van der Waals surface area contributed by atoms with Gasteiger partial charge >= 0.3 is 0 Å². The number of fused-ring (bicyclic) bond motifs is 1. The molecule has 0 saturated carbocycles. The average molecular weight is 409 g/mol. The van der Waals surface area contributed by atoms with Gasteiger partial charge in [-0.1, -0.05) is 23.2 Å². The first-order valence-electron chi connectivity index (χ1n) is 8.22. The normalized spacial score (nSPS) is 10.9. The predicted octanol–water partition coefficient (Wildman–Crippen LogP) is 2.62. The molecule has 0 unspecified atom stereocenters. The molecule has 1 aromatic carbocycles. The van der Waals surface area contributed by atoms with Crippen LogP contribution in [0.2, 0.25) is 10.0 Å². The molecule has 8 nitrogen and oxygen atoms in total. The van der Waals surface area contributed by atoms with Crippen molar-refractivity contribution in [3.8, 4) is 0 Å². The summed E-state index contributed by atoms with van der Waals surface area (Å²) < 4.78 is 6.73. The molecular weight excluding hydrogens is 391 g/mol. The summed E-state index contributed by atoms with van der Waals surface area (Å²) in [4.78, 5) is 20.8. The van der Waals surface area contributed by atoms with E-state index in [2.05, 4.69) is 25.7 Å². The van der Waals surface area contributed by atoms with E-state index in [0.717, 1.165) is 5.39 Å². The lowest BCUT2D eigenvalue weighted by Gasteiger charge is -2.08. The molecule has 2 heterocycles. The maximum Gasteiger partial charge on any atom is 0.252 e. The second-order valence-electron chi connectivity index (χ2n) is 5.63. The van der Waals surface area contributed by atoms with Gasteiger partial charge in [-0.15, -0.1) is 0 Å². The van der Waals surface area contributed by atoms with Crippen LogP contribution in [0.3, 0.4) is 0 Å². The Balaban J connectivity index is 1.64. The third-order valence-corrected chi connectivity index (χ3v) is 4.38. The highest BCUT2D eigenvalue weighted by molar-refractivity contribution is 6.35. The monoisotopic (exact) mass is 408 g/mol. The third kappa shape index (κ3) is 4.65. The molecule has 0 aliphatic rings. The van der Waals surface area contributed by atoms with E-state index in [0.29, 0.717) is 53.3 Å². The Morgan fingerprint density at radius 2 is 2.11 bits per heavy atom. The molecule has 2 aromatic heterocycles. The molecule has 3 rings (SSSR count). The van der Waals surface area contributed by atoms with Gasteiger partial charge in [-0.3, -0.25) is 4.79 Å². The highest BCUT2D eigenvalue weighted by Crippen LogP contribution is 2.21. The van der Waals surface area contributed by atoms with E-state index in [4.69, 9.17) is 27.9 Å². The van der Waals surface area contributed by atoms with Crippen molar-refractivity contribution < 1.29 is 9.53 Å². The zero-order valence-electron chi connectivity index (χ0n) is 14.6. The Labute approximate surface area is 165 Å². The topological polar surface area (TPSA) is 94.0 Å². The van der Waals surface area contributed by atoms with Crippen LogP contribution in [-0.2, 0) is 11.3 Å². The molecular formula is C17H18Cl2N6O2. The van der Waals surface area contributed by atoms with Crippen LogP contribution in [0.4, 0.5) is 5.82 Å². The lowest BCUT2D eigenvalue weighted by atomic mass is 10.2. The highest BCUT2D eigenvalue weighted by Gasteiger charge is 2.12. The van der Waals surface area contributed by atoms with Gasteiger partial charge in [0.15, 0.2) is 5.65 Å². The van der Waals surface area contributed by atoms with Crippen LogP contribution >= 0.6 is 23.2 Å². The number of methoxy groups -OCH3 is 1. The van der Waals surface area contributed by atoms with Gasteiger partial charge in [0.1, 0.15) is 12.1 Å². The summed E-state index contributed by atoms with van der Waals surface area (Å²) in [5, 5.41) is 11.9. The van der Waals surface area contributed by atoms with Crippen molar-refractivity contribution in [2.45, 2.75) is 6.54 Å². The van der Waals surface area contributed by atoms with Crippen molar-refractivity contribution in [1.29, 1.82) is 0 Å². The number of rotatable bonds is 8. The van der Waals surface area contributed by atoms with Gasteiger partial charge in [-0.25, -0.2) is 14.6 Å². The van der Waals surface area contributed by atoms with Crippen LogP contribution in [0.5, 0.6) is 0 Å². The largest absolute Gasteiger partial charge is 0.383 e. The van der Waals surface area contributed by atoms with E-state index in [1.54, 1.807) is 30.1 Å². The van der Waals surface area contributed by atoms with Gasteiger partial charge in [-0.05, 0) is 18.2 Å². The van der Waals surface area contributed by atoms with Gasteiger partial charge in [-0.2, -0.15) is 5.10 Å². The Bertz CT molecular complexity index is 946. The summed E-state index contributed by atoms with van der Waals surface area (Å²) in [6.07, 6.45) is 3.17. The van der Waals surface area contributed by atoms with Crippen LogP contribution < -0.4 is 10.6 Å². The zero-order valence-corrected chi connectivity index (χ0v) is 16.1. The average Bonchev–Trinajstić information content (AvgIpc) is 3.08. The van der Waals surface area contributed by atoms with Crippen LogP contribution in [0, 0.1) is 0 Å². The standard InChI is InChI=1S/C17H18Cl2N6O2/c1-27-7-5-20-15-13-9-24-25(16(13)23-10-22-15)6-4-21-17(26)12-8-11(18)2-3-14(12)19/h2-3,8-10H,4-7H2,1H3,(H,21,26)(H,20,22,23). The third-order valence-electron chi connectivity index (χ3n) is 3.81. The first-order valence-corrected chi connectivity index (χ1v) is 8.98. The van der Waals surface area contributed by atoms with Crippen molar-refractivity contribution in [1.82, 2.24) is 25.1 Å². The molecule has 0 bridgehead atoms. The van der Waals surface area contributed by atoms with E-state index >= 15 is 0 Å². The second-order valence-corrected chi connectivity index (χ2v) is 6.47. The Kier molecular flexibility index (Phi) is 6.44. The van der Waals surface area contributed by atoms with Crippen LogP contribution in [0.1, 0.15) is 10.4 Å². The Morgan fingerprint density at radius 1 is 1.26 bits per heavy atom. The van der Waals surface area contributed by atoms with E-state index in [9.17, 15) is 4.79 Å². The van der Waals surface area contributed by atoms with Gasteiger partial charge in [0.25, 0.3) is 5.91 Å². The number of ether oxygens (including phenoxy) is 1. The van der Waals surface area contributed by atoms with Gasteiger partial charge in [0.05, 0.1) is 35.3 Å². The fourth-order valence-corrected chi connectivity index (χ4v) is 2.89. The predicted molar refractivity (Wildman–Crippen MR) is 104 cm³/mol. The zero-order chi connectivity index (χ0) is 19.2. The number of carbonyl (C=O) groups excluding carboxylic acids is 1. The molecule has 27 heavy (non-hydrogen) atoms. The number of aromatic nitrogens is 4. The molecule has 3 aromatic rings. The van der Waals surface area contributed by atoms with Crippen LogP contribution in [0.15, 0.2) is 30.7 Å². The number of halogens is 2. The van der Waals surface area contributed by atoms with E-state index in [-0.39, 0.29) is 5.91 Å². The Hall–Kier alpha value is -2.42. The first-order chi connectivity index (χ1) is 13.1. The van der Waals surface area contributed by atoms with Crippen LogP contribution in [-0.4, -0.2) is 52.5 Å². The molecule has 0 radical (unpaired) electrons. The molecule has 0 fully saturated rings.